The first-order valence-electron chi connectivity index (χ1n) is 34.8. The van der Waals surface area contributed by atoms with Crippen LogP contribution in [-0.2, 0) is 14.3 Å². The summed E-state index contributed by atoms with van der Waals surface area (Å²) in [6.45, 7) is 4.92. The molecule has 0 aromatic rings. The molecule has 0 aromatic heterocycles. The van der Waals surface area contributed by atoms with E-state index in [-0.39, 0.29) is 18.5 Å². The third-order valence-electron chi connectivity index (χ3n) is 16.1. The molecule has 2 unspecified atom stereocenters. The molecule has 454 valence electrons. The van der Waals surface area contributed by atoms with E-state index in [1.165, 1.54) is 308 Å². The summed E-state index contributed by atoms with van der Waals surface area (Å²) < 4.78 is 5.48. The molecule has 1 amide bonds. The van der Waals surface area contributed by atoms with Crippen LogP contribution in [0.25, 0.3) is 0 Å². The van der Waals surface area contributed by atoms with Crippen molar-refractivity contribution in [3.63, 3.8) is 0 Å². The summed E-state index contributed by atoms with van der Waals surface area (Å²) in [6, 6.07) is -0.628. The summed E-state index contributed by atoms with van der Waals surface area (Å²) in [5.74, 6) is -0.0567. The van der Waals surface area contributed by atoms with Gasteiger partial charge in [-0.25, -0.2) is 0 Å². The Hall–Kier alpha value is -1.92. The summed E-state index contributed by atoms with van der Waals surface area (Å²) in [5, 5.41) is 23.2. The van der Waals surface area contributed by atoms with Gasteiger partial charge in [-0.15, -0.1) is 0 Å². The van der Waals surface area contributed by atoms with Gasteiger partial charge >= 0.3 is 5.97 Å². The van der Waals surface area contributed by atoms with Crippen LogP contribution in [0.4, 0.5) is 0 Å². The molecule has 0 aliphatic heterocycles. The number of unbranched alkanes of at least 4 members (excludes halogenated alkanes) is 50. The molecule has 3 N–H and O–H groups in total. The summed E-state index contributed by atoms with van der Waals surface area (Å²) in [4.78, 5) is 24.5. The number of rotatable bonds is 65. The average Bonchev–Trinajstić information content (AvgIpc) is 3.43. The molecule has 0 saturated heterocycles. The first-order chi connectivity index (χ1) is 38.0. The first-order valence-corrected chi connectivity index (χ1v) is 34.8. The zero-order valence-corrected chi connectivity index (χ0v) is 52.0. The molecule has 0 bridgehead atoms. The van der Waals surface area contributed by atoms with Gasteiger partial charge in [-0.1, -0.05) is 320 Å². The monoisotopic (exact) mass is 1080 g/mol. The molecule has 77 heavy (non-hydrogen) atoms. The van der Waals surface area contributed by atoms with E-state index in [9.17, 15) is 19.8 Å². The van der Waals surface area contributed by atoms with Gasteiger partial charge in [-0.05, 0) is 83.5 Å². The van der Waals surface area contributed by atoms with Gasteiger partial charge < -0.3 is 20.3 Å². The lowest BCUT2D eigenvalue weighted by Crippen LogP contribution is -2.45. The summed E-state index contributed by atoms with van der Waals surface area (Å²) in [7, 11) is 0. The van der Waals surface area contributed by atoms with E-state index < -0.39 is 12.1 Å². The van der Waals surface area contributed by atoms with Gasteiger partial charge in [0.1, 0.15) is 0 Å². The van der Waals surface area contributed by atoms with Gasteiger partial charge in [-0.3, -0.25) is 9.59 Å². The van der Waals surface area contributed by atoms with Crippen LogP contribution in [0.1, 0.15) is 380 Å². The fraction of sp³-hybridized carbons (Fsp3) is 0.887. The molecule has 0 aliphatic carbocycles. The number of aliphatic hydroxyl groups is 2. The number of hydrogen-bond acceptors (Lipinski definition) is 5. The first kappa shape index (κ1) is 75.1. The Kier molecular flexibility index (Phi) is 64.9. The normalized spacial score (nSPS) is 12.7. The van der Waals surface area contributed by atoms with E-state index in [0.717, 1.165) is 44.9 Å². The maximum absolute atomic E-state index is 12.5. The number of esters is 1. The second-order valence-electron chi connectivity index (χ2n) is 23.9. The second kappa shape index (κ2) is 66.6. The molecule has 0 saturated carbocycles. The number of carbonyl (C=O) groups excluding carboxylic acids is 2. The average molecular weight is 1080 g/mol. The van der Waals surface area contributed by atoms with Crippen molar-refractivity contribution in [1.82, 2.24) is 5.32 Å². The third kappa shape index (κ3) is 63.1. The van der Waals surface area contributed by atoms with Crippen LogP contribution in [0.15, 0.2) is 36.5 Å². The Bertz CT molecular complexity index is 1250. The second-order valence-corrected chi connectivity index (χ2v) is 23.9. The van der Waals surface area contributed by atoms with Crippen molar-refractivity contribution in [2.45, 2.75) is 392 Å². The number of allylic oxidation sites excluding steroid dienone is 5. The zero-order valence-electron chi connectivity index (χ0n) is 52.0. The number of carbonyl (C=O) groups is 2. The molecule has 0 aliphatic rings. The van der Waals surface area contributed by atoms with Gasteiger partial charge in [-0.2, -0.15) is 0 Å². The Labute approximate surface area is 481 Å². The van der Waals surface area contributed by atoms with E-state index in [1.54, 1.807) is 6.08 Å². The predicted molar refractivity (Wildman–Crippen MR) is 338 cm³/mol. The highest BCUT2D eigenvalue weighted by atomic mass is 16.5. The molecule has 0 heterocycles. The highest BCUT2D eigenvalue weighted by Gasteiger charge is 2.18. The number of aliphatic hydroxyl groups excluding tert-OH is 2. The van der Waals surface area contributed by atoms with Crippen LogP contribution in [0.3, 0.4) is 0 Å². The van der Waals surface area contributed by atoms with E-state index in [4.69, 9.17) is 4.74 Å². The Morgan fingerprint density at radius 2 is 0.610 bits per heavy atom. The smallest absolute Gasteiger partial charge is 0.305 e. The minimum atomic E-state index is -0.844. The Morgan fingerprint density at radius 3 is 0.922 bits per heavy atom. The van der Waals surface area contributed by atoms with Gasteiger partial charge in [0.25, 0.3) is 0 Å². The van der Waals surface area contributed by atoms with Crippen LogP contribution in [0.5, 0.6) is 0 Å². The van der Waals surface area contributed by atoms with Gasteiger partial charge in [0, 0.05) is 12.8 Å². The largest absolute Gasteiger partial charge is 0.466 e. The van der Waals surface area contributed by atoms with Gasteiger partial charge in [0.2, 0.25) is 5.91 Å². The Balaban J connectivity index is 3.39. The molecule has 6 nitrogen and oxygen atoms in total. The van der Waals surface area contributed by atoms with Crippen molar-refractivity contribution in [2.75, 3.05) is 13.2 Å². The van der Waals surface area contributed by atoms with Crippen molar-refractivity contribution in [1.29, 1.82) is 0 Å². The van der Waals surface area contributed by atoms with Gasteiger partial charge in [0.05, 0.1) is 25.4 Å². The lowest BCUT2D eigenvalue weighted by molar-refractivity contribution is -0.143. The van der Waals surface area contributed by atoms with Crippen LogP contribution in [-0.4, -0.2) is 47.4 Å². The van der Waals surface area contributed by atoms with Crippen LogP contribution in [0, 0.1) is 0 Å². The molecular formula is C71H135NO5. The quantitative estimate of drug-likeness (QED) is 0.0320. The van der Waals surface area contributed by atoms with Crippen molar-refractivity contribution >= 4 is 11.9 Å². The fourth-order valence-electron chi connectivity index (χ4n) is 10.8. The van der Waals surface area contributed by atoms with E-state index in [0.29, 0.717) is 19.4 Å². The summed E-state index contributed by atoms with van der Waals surface area (Å²) in [5.41, 5.74) is 0. The third-order valence-corrected chi connectivity index (χ3v) is 16.1. The minimum Gasteiger partial charge on any atom is -0.466 e. The van der Waals surface area contributed by atoms with Gasteiger partial charge in [0.15, 0.2) is 0 Å². The van der Waals surface area contributed by atoms with Crippen LogP contribution >= 0.6 is 0 Å². The molecule has 6 heteroatoms. The zero-order chi connectivity index (χ0) is 55.7. The molecule has 0 fully saturated rings. The van der Waals surface area contributed by atoms with E-state index >= 15 is 0 Å². The number of nitrogens with one attached hydrogen (secondary N) is 1. The van der Waals surface area contributed by atoms with E-state index in [1.807, 2.05) is 6.08 Å². The predicted octanol–water partition coefficient (Wildman–Crippen LogP) is 22.3. The van der Waals surface area contributed by atoms with Crippen molar-refractivity contribution < 1.29 is 24.5 Å². The topological polar surface area (TPSA) is 95.9 Å². The van der Waals surface area contributed by atoms with Crippen molar-refractivity contribution in [2.24, 2.45) is 0 Å². The molecule has 2 atom stereocenters. The summed E-state index contributed by atoms with van der Waals surface area (Å²) in [6.07, 6.45) is 85.0. The maximum Gasteiger partial charge on any atom is 0.305 e. The SMILES string of the molecule is CCCCCCC/C=C\CCCCCCCC(=O)OCCCCCCCCCCCCCC/C=C\CCCCCCCCCCCCCCCC(=O)NC(CO)C(O)/C=C/CCCCCCCCCCCCCCCCC. The van der Waals surface area contributed by atoms with Crippen molar-refractivity contribution in [3.05, 3.63) is 36.5 Å². The number of amides is 1. The molecule has 0 rings (SSSR count). The summed E-state index contributed by atoms with van der Waals surface area (Å²) >= 11 is 0. The Morgan fingerprint density at radius 1 is 0.351 bits per heavy atom. The lowest BCUT2D eigenvalue weighted by Gasteiger charge is -2.20. The lowest BCUT2D eigenvalue weighted by atomic mass is 10.0. The highest BCUT2D eigenvalue weighted by molar-refractivity contribution is 5.76. The fourth-order valence-corrected chi connectivity index (χ4v) is 10.8. The molecule has 0 radical (unpaired) electrons. The van der Waals surface area contributed by atoms with Crippen molar-refractivity contribution in [3.8, 4) is 0 Å². The van der Waals surface area contributed by atoms with Crippen LogP contribution in [0.2, 0.25) is 0 Å². The molecular weight excluding hydrogens is 947 g/mol. The molecule has 0 spiro atoms. The minimum absolute atomic E-state index is 0.00789. The number of hydrogen-bond donors (Lipinski definition) is 3. The maximum atomic E-state index is 12.5. The van der Waals surface area contributed by atoms with E-state index in [2.05, 4.69) is 43.5 Å². The molecule has 0 aromatic carbocycles. The van der Waals surface area contributed by atoms with Crippen LogP contribution < -0.4 is 5.32 Å². The standard InChI is InChI=1S/C71H135NO5/c1-3-5-7-9-11-13-15-17-19-33-36-39-43-47-51-55-59-63-69(74)68(67-73)72-70(75)64-60-56-52-48-44-40-37-34-31-29-27-25-23-21-20-22-24-26-28-30-32-35-38-42-46-50-54-58-62-66-77-71(76)65-61-57-53-49-45-41-18-16-14-12-10-8-6-4-2/h16,18,20,22,59,63,68-69,73-74H,3-15,17,19,21,23-58,60-62,64-67H2,1-2H3,(H,72,75)/b18-16-,22-20-,63-59+. The number of ether oxygens (including phenoxy) is 1. The highest BCUT2D eigenvalue weighted by Crippen LogP contribution is 2.18.